The average molecular weight is 417 g/mol. The van der Waals surface area contributed by atoms with Gasteiger partial charge in [-0.3, -0.25) is 4.74 Å². The van der Waals surface area contributed by atoms with Crippen LogP contribution < -0.4 is 4.74 Å². The Labute approximate surface area is 180 Å². The number of hydrogen-bond acceptors (Lipinski definition) is 4. The Hall–Kier alpha value is -1.75. The van der Waals surface area contributed by atoms with Crippen LogP contribution in [0.2, 0.25) is 0 Å². The molecule has 5 nitrogen and oxygen atoms in total. The summed E-state index contributed by atoms with van der Waals surface area (Å²) < 4.78 is 17.9. The first-order chi connectivity index (χ1) is 14.3. The third-order valence-electron chi connectivity index (χ3n) is 7.37. The van der Waals surface area contributed by atoms with Crippen molar-refractivity contribution in [3.05, 3.63) is 29.3 Å². The largest absolute Gasteiger partial charge is 0.510 e. The third-order valence-corrected chi connectivity index (χ3v) is 7.37. The van der Waals surface area contributed by atoms with Crippen molar-refractivity contribution in [2.24, 2.45) is 11.8 Å². The predicted molar refractivity (Wildman–Crippen MR) is 115 cm³/mol. The van der Waals surface area contributed by atoms with Gasteiger partial charge in [0.25, 0.3) is 0 Å². The number of carboxylic acid groups (broad SMARTS) is 1. The molecule has 0 aromatic heterocycles. The zero-order chi connectivity index (χ0) is 21.4. The van der Waals surface area contributed by atoms with E-state index in [1.165, 1.54) is 38.5 Å². The lowest BCUT2D eigenvalue weighted by atomic mass is 9.62. The lowest BCUT2D eigenvalue weighted by Crippen LogP contribution is -2.53. The Balaban J connectivity index is 1.89. The Morgan fingerprint density at radius 3 is 2.07 bits per heavy atom. The molecule has 1 N–H and O–H groups in total. The summed E-state index contributed by atoms with van der Waals surface area (Å²) in [6, 6.07) is 6.37. The minimum absolute atomic E-state index is 0.138. The molecule has 1 aromatic rings. The van der Waals surface area contributed by atoms with Crippen molar-refractivity contribution >= 4 is 6.16 Å². The third kappa shape index (κ3) is 3.93. The van der Waals surface area contributed by atoms with E-state index in [1.807, 2.05) is 0 Å². The topological polar surface area (TPSA) is 65.0 Å². The molecule has 1 aliphatic heterocycles. The van der Waals surface area contributed by atoms with E-state index in [-0.39, 0.29) is 5.41 Å². The van der Waals surface area contributed by atoms with Crippen molar-refractivity contribution in [1.82, 2.24) is 0 Å². The van der Waals surface area contributed by atoms with Crippen molar-refractivity contribution in [1.29, 1.82) is 0 Å². The van der Waals surface area contributed by atoms with Crippen LogP contribution in [0, 0.1) is 11.8 Å². The van der Waals surface area contributed by atoms with Gasteiger partial charge in [-0.25, -0.2) is 4.79 Å². The second kappa shape index (κ2) is 8.41. The lowest BCUT2D eigenvalue weighted by Gasteiger charge is -2.52. The molecular formula is C25H36O5. The summed E-state index contributed by atoms with van der Waals surface area (Å²) in [6.07, 6.45) is 10.4. The molecule has 5 heteroatoms. The lowest BCUT2D eigenvalue weighted by molar-refractivity contribution is -0.324. The van der Waals surface area contributed by atoms with Gasteiger partial charge in [0.1, 0.15) is 11.4 Å². The first-order valence-corrected chi connectivity index (χ1v) is 11.7. The average Bonchev–Trinajstić information content (AvgIpc) is 2.73. The van der Waals surface area contributed by atoms with Crippen LogP contribution in [-0.2, 0) is 20.5 Å². The Morgan fingerprint density at radius 2 is 1.57 bits per heavy atom. The van der Waals surface area contributed by atoms with Gasteiger partial charge in [0, 0.05) is 11.1 Å². The normalized spacial score (nSPS) is 25.2. The van der Waals surface area contributed by atoms with Crippen molar-refractivity contribution in [2.75, 3.05) is 0 Å². The van der Waals surface area contributed by atoms with E-state index in [2.05, 4.69) is 39.0 Å². The first-order valence-electron chi connectivity index (χ1n) is 11.7. The van der Waals surface area contributed by atoms with E-state index >= 15 is 0 Å². The highest BCUT2D eigenvalue weighted by Gasteiger charge is 2.55. The number of fused-ring (bicyclic) bond motifs is 1. The number of benzene rings is 1. The van der Waals surface area contributed by atoms with Gasteiger partial charge in [-0.1, -0.05) is 77.5 Å². The van der Waals surface area contributed by atoms with E-state index < -0.39 is 18.2 Å². The zero-order valence-corrected chi connectivity index (χ0v) is 18.6. The molecule has 2 fully saturated rings. The molecule has 1 atom stereocenters. The highest BCUT2D eigenvalue weighted by atomic mass is 16.9. The van der Waals surface area contributed by atoms with Crippen LogP contribution in [-0.4, -0.2) is 17.7 Å². The second-order valence-corrected chi connectivity index (χ2v) is 10.3. The van der Waals surface area contributed by atoms with Gasteiger partial charge in [0.15, 0.2) is 0 Å². The van der Waals surface area contributed by atoms with Gasteiger partial charge in [0.2, 0.25) is 0 Å². The first kappa shape index (κ1) is 21.5. The summed E-state index contributed by atoms with van der Waals surface area (Å²) in [6.45, 7) is 5.27. The van der Waals surface area contributed by atoms with Gasteiger partial charge in [-0.2, -0.15) is 0 Å². The Bertz CT molecular complexity index is 735. The van der Waals surface area contributed by atoms with Crippen LogP contribution in [0.1, 0.15) is 96.1 Å². The van der Waals surface area contributed by atoms with Crippen molar-refractivity contribution < 1.29 is 24.1 Å². The number of carbonyl (C=O) groups is 1. The molecule has 4 rings (SSSR count). The summed E-state index contributed by atoms with van der Waals surface area (Å²) in [5.74, 6) is 1.48. The maximum atomic E-state index is 11.4. The molecule has 30 heavy (non-hydrogen) atoms. The molecule has 0 amide bonds. The number of ether oxygens (including phenoxy) is 3. The van der Waals surface area contributed by atoms with Crippen molar-refractivity contribution in [3.63, 3.8) is 0 Å². The van der Waals surface area contributed by atoms with Crippen molar-refractivity contribution in [2.45, 2.75) is 102 Å². The standard InChI is InChI=1S/C25H36O5/c1-24(2,3)19-15-10-16-20-21(19)28-23(29-22(26)27)30-25(20,17-11-6-4-7-12-17)18-13-8-5-9-14-18/h10,15-18,23H,4-9,11-14H2,1-3H3,(H,26,27). The minimum Gasteiger partial charge on any atom is -0.450 e. The molecule has 0 radical (unpaired) electrons. The van der Waals surface area contributed by atoms with Gasteiger partial charge in [-0.05, 0) is 42.9 Å². The maximum Gasteiger partial charge on any atom is 0.510 e. The SMILES string of the molecule is CC(C)(C)c1cccc2c1OC(OC(=O)O)OC2(C1CCCCC1)C1CCCCC1. The molecule has 2 aliphatic carbocycles. The van der Waals surface area contributed by atoms with Crippen LogP contribution in [0.4, 0.5) is 4.79 Å². The number of rotatable bonds is 3. The highest BCUT2D eigenvalue weighted by molar-refractivity contribution is 5.57. The number of hydrogen-bond donors (Lipinski definition) is 1. The van der Waals surface area contributed by atoms with Crippen molar-refractivity contribution in [3.8, 4) is 5.75 Å². The Morgan fingerprint density at radius 1 is 1.00 bits per heavy atom. The molecule has 1 heterocycles. The minimum atomic E-state index is -1.36. The molecule has 1 unspecified atom stereocenters. The van der Waals surface area contributed by atoms with Gasteiger partial charge >= 0.3 is 12.6 Å². The van der Waals surface area contributed by atoms with E-state index in [0.29, 0.717) is 11.8 Å². The fraction of sp³-hybridized carbons (Fsp3) is 0.720. The quantitative estimate of drug-likeness (QED) is 0.554. The van der Waals surface area contributed by atoms with Gasteiger partial charge in [0.05, 0.1) is 0 Å². The summed E-state index contributed by atoms with van der Waals surface area (Å²) in [5.41, 5.74) is 1.51. The van der Waals surface area contributed by atoms with Crippen LogP contribution in [0.15, 0.2) is 18.2 Å². The predicted octanol–water partition coefficient (Wildman–Crippen LogP) is 6.73. The number of para-hydroxylation sites is 1. The summed E-state index contributed by atoms with van der Waals surface area (Å²) in [4.78, 5) is 11.4. The molecule has 3 aliphatic rings. The summed E-state index contributed by atoms with van der Waals surface area (Å²) in [7, 11) is 0. The summed E-state index contributed by atoms with van der Waals surface area (Å²) >= 11 is 0. The molecule has 166 valence electrons. The molecule has 2 saturated carbocycles. The molecule has 0 saturated heterocycles. The highest BCUT2D eigenvalue weighted by Crippen LogP contribution is 2.57. The van der Waals surface area contributed by atoms with E-state index in [0.717, 1.165) is 42.6 Å². The zero-order valence-electron chi connectivity index (χ0n) is 18.6. The fourth-order valence-electron chi connectivity index (χ4n) is 6.06. The summed E-state index contributed by atoms with van der Waals surface area (Å²) in [5, 5.41) is 9.35. The maximum absolute atomic E-state index is 11.4. The molecular weight excluding hydrogens is 380 g/mol. The molecule has 1 aromatic carbocycles. The van der Waals surface area contributed by atoms with E-state index in [4.69, 9.17) is 14.2 Å². The Kier molecular flexibility index (Phi) is 6.02. The monoisotopic (exact) mass is 416 g/mol. The van der Waals surface area contributed by atoms with Crippen LogP contribution in [0.3, 0.4) is 0 Å². The van der Waals surface area contributed by atoms with Crippen LogP contribution in [0.5, 0.6) is 5.75 Å². The van der Waals surface area contributed by atoms with E-state index in [9.17, 15) is 9.90 Å². The van der Waals surface area contributed by atoms with Gasteiger partial charge < -0.3 is 14.6 Å². The second-order valence-electron chi connectivity index (χ2n) is 10.3. The molecule has 0 spiro atoms. The smallest absolute Gasteiger partial charge is 0.450 e. The van der Waals surface area contributed by atoms with Crippen LogP contribution in [0.25, 0.3) is 0 Å². The fourth-order valence-corrected chi connectivity index (χ4v) is 6.06. The molecule has 0 bridgehead atoms. The van der Waals surface area contributed by atoms with Crippen LogP contribution >= 0.6 is 0 Å². The van der Waals surface area contributed by atoms with E-state index in [1.54, 1.807) is 0 Å². The van der Waals surface area contributed by atoms with Gasteiger partial charge in [-0.15, -0.1) is 0 Å².